The molecular formula is C15H25N5O4S. The molecule has 1 aromatic rings. The fourth-order valence-corrected chi connectivity index (χ4v) is 3.93. The molecule has 1 fully saturated rings. The lowest BCUT2D eigenvalue weighted by Gasteiger charge is -2.51. The van der Waals surface area contributed by atoms with Crippen molar-refractivity contribution < 1.29 is 13.3 Å². The van der Waals surface area contributed by atoms with Crippen LogP contribution in [-0.4, -0.2) is 70.1 Å². The van der Waals surface area contributed by atoms with Gasteiger partial charge in [-0.1, -0.05) is 0 Å². The maximum atomic E-state index is 11.5. The average Bonchev–Trinajstić information content (AvgIpc) is 2.53. The van der Waals surface area contributed by atoms with Crippen LogP contribution in [0, 0.1) is 10.1 Å². The van der Waals surface area contributed by atoms with Gasteiger partial charge >= 0.3 is 0 Å². The Morgan fingerprint density at radius 3 is 2.24 bits per heavy atom. The Balaban J connectivity index is 2.53. The molecule has 0 aromatic heterocycles. The second-order valence-corrected chi connectivity index (χ2v) is 8.25. The van der Waals surface area contributed by atoms with Crippen molar-refractivity contribution in [3.63, 3.8) is 0 Å². The third-order valence-corrected chi connectivity index (χ3v) is 5.99. The molecule has 0 spiro atoms. The smallest absolute Gasteiger partial charge is 0.293 e. The summed E-state index contributed by atoms with van der Waals surface area (Å²) >= 11 is 0. The van der Waals surface area contributed by atoms with Gasteiger partial charge in [-0.15, -0.1) is 0 Å². The Hall–Kier alpha value is -1.75. The number of benzene rings is 1. The molecule has 1 saturated heterocycles. The van der Waals surface area contributed by atoms with Gasteiger partial charge in [-0.2, -0.15) is 0 Å². The van der Waals surface area contributed by atoms with Crippen molar-refractivity contribution in [1.82, 2.24) is 9.80 Å². The molecule has 140 valence electrons. The van der Waals surface area contributed by atoms with Gasteiger partial charge in [-0.25, -0.2) is 13.6 Å². The number of sulfonamides is 1. The summed E-state index contributed by atoms with van der Waals surface area (Å²) < 4.78 is 23.1. The maximum Gasteiger partial charge on any atom is 0.293 e. The van der Waals surface area contributed by atoms with E-state index in [4.69, 9.17) is 5.14 Å². The van der Waals surface area contributed by atoms with Crippen LogP contribution in [0.4, 0.5) is 11.4 Å². The minimum absolute atomic E-state index is 0.265. The molecule has 10 heteroatoms. The summed E-state index contributed by atoms with van der Waals surface area (Å²) in [6.45, 7) is 1.73. The second kappa shape index (κ2) is 6.87. The van der Waals surface area contributed by atoms with E-state index in [0.717, 1.165) is 32.0 Å². The number of hydrogen-bond acceptors (Lipinski definition) is 7. The first-order valence-electron chi connectivity index (χ1n) is 7.90. The Morgan fingerprint density at radius 2 is 1.80 bits per heavy atom. The van der Waals surface area contributed by atoms with Crippen molar-refractivity contribution in [3.05, 3.63) is 28.3 Å². The van der Waals surface area contributed by atoms with E-state index in [0.29, 0.717) is 5.69 Å². The number of nitrogens with zero attached hydrogens (tertiary/aromatic N) is 4. The zero-order valence-corrected chi connectivity index (χ0v) is 15.8. The molecule has 0 saturated carbocycles. The van der Waals surface area contributed by atoms with Crippen LogP contribution in [-0.2, 0) is 10.0 Å². The number of likely N-dealkylation sites (tertiary alicyclic amines) is 1. The molecule has 1 heterocycles. The number of piperidine rings is 1. The predicted molar refractivity (Wildman–Crippen MR) is 96.0 cm³/mol. The first-order valence-corrected chi connectivity index (χ1v) is 9.45. The summed E-state index contributed by atoms with van der Waals surface area (Å²) in [6.07, 6.45) is 1.61. The van der Waals surface area contributed by atoms with Crippen molar-refractivity contribution in [3.8, 4) is 0 Å². The van der Waals surface area contributed by atoms with Crippen LogP contribution < -0.4 is 10.0 Å². The van der Waals surface area contributed by atoms with Gasteiger partial charge in [0.25, 0.3) is 5.69 Å². The molecule has 0 radical (unpaired) electrons. The van der Waals surface area contributed by atoms with E-state index in [-0.39, 0.29) is 16.2 Å². The molecule has 1 aromatic carbocycles. The Bertz CT molecular complexity index is 757. The Morgan fingerprint density at radius 1 is 1.24 bits per heavy atom. The zero-order chi connectivity index (χ0) is 19.0. The van der Waals surface area contributed by atoms with Crippen LogP contribution in [0.1, 0.15) is 12.8 Å². The number of rotatable bonds is 5. The van der Waals surface area contributed by atoms with E-state index in [1.54, 1.807) is 0 Å². The van der Waals surface area contributed by atoms with Crippen LogP contribution in [0.2, 0.25) is 0 Å². The predicted octanol–water partition coefficient (Wildman–Crippen LogP) is 0.662. The van der Waals surface area contributed by atoms with Crippen molar-refractivity contribution >= 4 is 21.4 Å². The Kier molecular flexibility index (Phi) is 5.38. The minimum atomic E-state index is -4.01. The number of hydrogen-bond donors (Lipinski definition) is 1. The lowest BCUT2D eigenvalue weighted by molar-refractivity contribution is -0.384. The molecule has 0 unspecified atom stereocenters. The number of nitro groups is 1. The lowest BCUT2D eigenvalue weighted by Crippen LogP contribution is -2.61. The molecule has 0 amide bonds. The summed E-state index contributed by atoms with van der Waals surface area (Å²) in [5, 5.41) is 16.6. The van der Waals surface area contributed by atoms with Gasteiger partial charge in [0.15, 0.2) is 0 Å². The van der Waals surface area contributed by atoms with Crippen molar-refractivity contribution in [1.29, 1.82) is 0 Å². The van der Waals surface area contributed by atoms with E-state index >= 15 is 0 Å². The van der Waals surface area contributed by atoms with E-state index in [2.05, 4.69) is 9.80 Å². The van der Waals surface area contributed by atoms with Gasteiger partial charge in [0.1, 0.15) is 5.69 Å². The molecule has 2 N–H and O–H groups in total. The quantitative estimate of drug-likeness (QED) is 0.459. The van der Waals surface area contributed by atoms with Crippen LogP contribution in [0.5, 0.6) is 0 Å². The first kappa shape index (κ1) is 19.6. The molecule has 2 rings (SSSR count). The SMILES string of the molecule is CN1CCC(N(C)C)(N(C)c2ccc(S(N)(=O)=O)cc2[N+](=O)[O-])CC1. The van der Waals surface area contributed by atoms with E-state index in [9.17, 15) is 18.5 Å². The minimum Gasteiger partial charge on any atom is -0.351 e. The first-order chi connectivity index (χ1) is 11.5. The number of nitrogens with two attached hydrogens (primary N) is 1. The van der Waals surface area contributed by atoms with Gasteiger partial charge < -0.3 is 9.80 Å². The summed E-state index contributed by atoms with van der Waals surface area (Å²) in [6, 6.07) is 3.80. The van der Waals surface area contributed by atoms with Crippen LogP contribution >= 0.6 is 0 Å². The van der Waals surface area contributed by atoms with Crippen molar-refractivity contribution in [2.45, 2.75) is 23.4 Å². The standard InChI is InChI=1S/C15H25N5O4S/c1-17(2)15(7-9-18(3)10-8-15)19(4)13-6-5-12(25(16,23)24)11-14(13)20(21)22/h5-6,11H,7-10H2,1-4H3,(H2,16,23,24). The van der Waals surface area contributed by atoms with Crippen LogP contribution in [0.3, 0.4) is 0 Å². The highest BCUT2D eigenvalue weighted by atomic mass is 32.2. The third-order valence-electron chi connectivity index (χ3n) is 5.08. The summed E-state index contributed by atoms with van der Waals surface area (Å²) in [7, 11) is 3.75. The largest absolute Gasteiger partial charge is 0.351 e. The van der Waals surface area contributed by atoms with Gasteiger partial charge in [-0.05, 0) is 46.1 Å². The fraction of sp³-hybridized carbons (Fsp3) is 0.600. The average molecular weight is 371 g/mol. The molecule has 9 nitrogen and oxygen atoms in total. The van der Waals surface area contributed by atoms with Gasteiger partial charge in [-0.3, -0.25) is 15.0 Å². The van der Waals surface area contributed by atoms with Gasteiger partial charge in [0, 0.05) is 26.2 Å². The number of nitro benzene ring substituents is 1. The van der Waals surface area contributed by atoms with Crippen LogP contribution in [0.15, 0.2) is 23.1 Å². The van der Waals surface area contributed by atoms with E-state index in [1.165, 1.54) is 12.1 Å². The monoisotopic (exact) mass is 371 g/mol. The van der Waals surface area contributed by atoms with Gasteiger partial charge in [0.2, 0.25) is 10.0 Å². The summed E-state index contributed by atoms with van der Waals surface area (Å²) in [5.74, 6) is 0. The molecule has 1 aliphatic heterocycles. The third kappa shape index (κ3) is 3.76. The second-order valence-electron chi connectivity index (χ2n) is 6.69. The zero-order valence-electron chi connectivity index (χ0n) is 15.0. The summed E-state index contributed by atoms with van der Waals surface area (Å²) in [5.41, 5.74) is -0.287. The maximum absolute atomic E-state index is 11.5. The molecule has 0 atom stereocenters. The molecule has 25 heavy (non-hydrogen) atoms. The molecular weight excluding hydrogens is 346 g/mol. The Labute approximate surface area is 148 Å². The molecule has 1 aliphatic rings. The highest BCUT2D eigenvalue weighted by Gasteiger charge is 2.41. The van der Waals surface area contributed by atoms with Crippen LogP contribution in [0.25, 0.3) is 0 Å². The topological polar surface area (TPSA) is 113 Å². The van der Waals surface area contributed by atoms with Crippen molar-refractivity contribution in [2.24, 2.45) is 5.14 Å². The van der Waals surface area contributed by atoms with E-state index < -0.39 is 14.9 Å². The lowest BCUT2D eigenvalue weighted by atomic mass is 9.93. The highest BCUT2D eigenvalue weighted by molar-refractivity contribution is 7.89. The highest BCUT2D eigenvalue weighted by Crippen LogP contribution is 2.38. The number of anilines is 1. The van der Waals surface area contributed by atoms with Crippen molar-refractivity contribution in [2.75, 3.05) is 46.2 Å². The fourth-order valence-electron chi connectivity index (χ4n) is 3.39. The molecule has 0 bridgehead atoms. The number of primary sulfonamides is 1. The molecule has 0 aliphatic carbocycles. The van der Waals surface area contributed by atoms with Gasteiger partial charge in [0.05, 0.1) is 15.5 Å². The van der Waals surface area contributed by atoms with E-state index in [1.807, 2.05) is 33.1 Å². The normalized spacial score (nSPS) is 18.3. The summed E-state index contributed by atoms with van der Waals surface area (Å²) in [4.78, 5) is 16.9.